The summed E-state index contributed by atoms with van der Waals surface area (Å²) < 4.78 is 0. The number of benzene rings is 3. The first-order chi connectivity index (χ1) is 9.65. The average molecular weight is 296 g/mol. The molecule has 3 aromatic rings. The lowest BCUT2D eigenvalue weighted by molar-refractivity contribution is 1.24. The third-order valence-electron chi connectivity index (χ3n) is 3.48. The third kappa shape index (κ3) is 2.58. The smallest absolute Gasteiger partial charge is 0.0201 e. The van der Waals surface area contributed by atoms with E-state index in [1.807, 2.05) is 11.8 Å². The molecule has 0 atom stereocenters. The van der Waals surface area contributed by atoms with Crippen LogP contribution in [0.5, 0.6) is 0 Å². The largest absolute Gasteiger partial charge is 0.143 e. The zero-order valence-corrected chi connectivity index (χ0v) is 13.3. The van der Waals surface area contributed by atoms with E-state index in [1.165, 1.54) is 31.7 Å². The molecule has 0 bridgehead atoms. The molecule has 3 rings (SSSR count). The lowest BCUT2D eigenvalue weighted by atomic mass is 10.1. The molecule has 0 fully saturated rings. The quantitative estimate of drug-likeness (QED) is 0.575. The van der Waals surface area contributed by atoms with Gasteiger partial charge in [0, 0.05) is 14.7 Å². The van der Waals surface area contributed by atoms with E-state index in [1.54, 1.807) is 0 Å². The van der Waals surface area contributed by atoms with Crippen LogP contribution in [-0.4, -0.2) is 0 Å². The molecule has 0 nitrogen and oxygen atoms in total. The van der Waals surface area contributed by atoms with Gasteiger partial charge in [0.15, 0.2) is 0 Å². The Bertz CT molecular complexity index is 775. The Hall–Kier alpha value is -1.38. The minimum Gasteiger partial charge on any atom is -0.143 e. The summed E-state index contributed by atoms with van der Waals surface area (Å²) in [4.78, 5) is 3.61. The van der Waals surface area contributed by atoms with Crippen LogP contribution in [0.1, 0.15) is 11.1 Å². The van der Waals surface area contributed by atoms with Crippen molar-refractivity contribution in [1.29, 1.82) is 0 Å². The van der Waals surface area contributed by atoms with Gasteiger partial charge in [-0.3, -0.25) is 0 Å². The van der Waals surface area contributed by atoms with E-state index >= 15 is 0 Å². The Morgan fingerprint density at radius 1 is 0.750 bits per heavy atom. The molecule has 0 unspecified atom stereocenters. The second kappa shape index (κ2) is 5.55. The zero-order valence-electron chi connectivity index (χ0n) is 11.6. The van der Waals surface area contributed by atoms with E-state index in [2.05, 4.69) is 81.1 Å². The Morgan fingerprint density at radius 2 is 1.45 bits per heavy atom. The summed E-state index contributed by atoms with van der Waals surface area (Å²) in [6.45, 7) is 4.30. The van der Waals surface area contributed by atoms with Crippen molar-refractivity contribution < 1.29 is 0 Å². The lowest BCUT2D eigenvalue weighted by Gasteiger charge is -2.10. The van der Waals surface area contributed by atoms with Gasteiger partial charge in [-0.25, -0.2) is 0 Å². The Labute approximate surface area is 129 Å². The SMILES string of the molecule is Cc1cc(S)ccc1Sc1ccc(C)c2ccccc12. The first kappa shape index (κ1) is 13.6. The molecule has 0 N–H and O–H groups in total. The molecule has 0 radical (unpaired) electrons. The van der Waals surface area contributed by atoms with Gasteiger partial charge in [-0.05, 0) is 60.0 Å². The second-order valence-electron chi connectivity index (χ2n) is 4.98. The van der Waals surface area contributed by atoms with Crippen LogP contribution in [0.3, 0.4) is 0 Å². The molecular formula is C18H16S2. The van der Waals surface area contributed by atoms with E-state index in [9.17, 15) is 0 Å². The summed E-state index contributed by atoms with van der Waals surface area (Å²) in [6, 6.07) is 19.3. The molecule has 0 aromatic heterocycles. The van der Waals surface area contributed by atoms with Gasteiger partial charge in [0.1, 0.15) is 0 Å². The molecule has 0 aliphatic rings. The standard InChI is InChI=1S/C18H16S2/c1-12-7-9-18(16-6-4-3-5-15(12)16)20-17-10-8-14(19)11-13(17)2/h3-11,19H,1-2H3. The van der Waals surface area contributed by atoms with E-state index in [-0.39, 0.29) is 0 Å². The predicted molar refractivity (Wildman–Crippen MR) is 91.2 cm³/mol. The fraction of sp³-hybridized carbons (Fsp3) is 0.111. The van der Waals surface area contributed by atoms with Crippen molar-refractivity contribution in [2.75, 3.05) is 0 Å². The predicted octanol–water partition coefficient (Wildman–Crippen LogP) is 5.90. The molecule has 100 valence electrons. The van der Waals surface area contributed by atoms with Crippen molar-refractivity contribution in [1.82, 2.24) is 0 Å². The van der Waals surface area contributed by atoms with Gasteiger partial charge in [0.25, 0.3) is 0 Å². The van der Waals surface area contributed by atoms with Crippen molar-refractivity contribution in [3.63, 3.8) is 0 Å². The summed E-state index contributed by atoms with van der Waals surface area (Å²) in [7, 11) is 0. The van der Waals surface area contributed by atoms with Crippen molar-refractivity contribution in [2.24, 2.45) is 0 Å². The van der Waals surface area contributed by atoms with Gasteiger partial charge in [-0.2, -0.15) is 0 Å². The van der Waals surface area contributed by atoms with Gasteiger partial charge in [0.2, 0.25) is 0 Å². The molecule has 0 aliphatic heterocycles. The maximum Gasteiger partial charge on any atom is 0.0201 e. The van der Waals surface area contributed by atoms with Gasteiger partial charge in [-0.15, -0.1) is 12.6 Å². The highest BCUT2D eigenvalue weighted by Crippen LogP contribution is 2.36. The normalized spacial score (nSPS) is 10.9. The van der Waals surface area contributed by atoms with Crippen LogP contribution in [0.2, 0.25) is 0 Å². The van der Waals surface area contributed by atoms with Crippen molar-refractivity contribution in [3.05, 3.63) is 65.7 Å². The molecule has 0 heterocycles. The molecule has 2 heteroatoms. The summed E-state index contributed by atoms with van der Waals surface area (Å²) in [5.74, 6) is 0. The minimum atomic E-state index is 1.01. The van der Waals surface area contributed by atoms with E-state index in [0.717, 1.165) is 4.90 Å². The summed E-state index contributed by atoms with van der Waals surface area (Å²) >= 11 is 6.22. The second-order valence-corrected chi connectivity index (χ2v) is 6.58. The van der Waals surface area contributed by atoms with Gasteiger partial charge < -0.3 is 0 Å². The van der Waals surface area contributed by atoms with Crippen molar-refractivity contribution in [3.8, 4) is 0 Å². The fourth-order valence-electron chi connectivity index (χ4n) is 2.38. The fourth-order valence-corrected chi connectivity index (χ4v) is 3.66. The highest BCUT2D eigenvalue weighted by atomic mass is 32.2. The molecule has 0 saturated heterocycles. The molecule has 20 heavy (non-hydrogen) atoms. The molecule has 3 aromatic carbocycles. The number of thiol groups is 1. The molecular weight excluding hydrogens is 280 g/mol. The van der Waals surface area contributed by atoms with E-state index in [4.69, 9.17) is 0 Å². The monoisotopic (exact) mass is 296 g/mol. The molecule has 0 spiro atoms. The van der Waals surface area contributed by atoms with Crippen LogP contribution in [0.25, 0.3) is 10.8 Å². The Kier molecular flexibility index (Phi) is 3.77. The highest BCUT2D eigenvalue weighted by molar-refractivity contribution is 7.99. The topological polar surface area (TPSA) is 0 Å². The van der Waals surface area contributed by atoms with Crippen LogP contribution < -0.4 is 0 Å². The first-order valence-electron chi connectivity index (χ1n) is 6.61. The van der Waals surface area contributed by atoms with Crippen LogP contribution >= 0.6 is 24.4 Å². The van der Waals surface area contributed by atoms with Crippen molar-refractivity contribution >= 4 is 35.2 Å². The summed E-state index contributed by atoms with van der Waals surface area (Å²) in [5.41, 5.74) is 2.60. The highest BCUT2D eigenvalue weighted by Gasteiger charge is 2.06. The van der Waals surface area contributed by atoms with Gasteiger partial charge in [-0.1, -0.05) is 42.1 Å². The Balaban J connectivity index is 2.09. The van der Waals surface area contributed by atoms with Gasteiger partial charge in [0.05, 0.1) is 0 Å². The van der Waals surface area contributed by atoms with Crippen LogP contribution in [0.4, 0.5) is 0 Å². The maximum absolute atomic E-state index is 4.39. The number of rotatable bonds is 2. The number of hydrogen-bond acceptors (Lipinski definition) is 2. The van der Waals surface area contributed by atoms with Crippen LogP contribution in [0, 0.1) is 13.8 Å². The molecule has 0 amide bonds. The third-order valence-corrected chi connectivity index (χ3v) is 5.01. The lowest BCUT2D eigenvalue weighted by Crippen LogP contribution is -1.84. The van der Waals surface area contributed by atoms with Crippen molar-refractivity contribution in [2.45, 2.75) is 28.5 Å². The maximum atomic E-state index is 4.39. The molecule has 0 saturated carbocycles. The molecule has 0 aliphatic carbocycles. The minimum absolute atomic E-state index is 1.01. The van der Waals surface area contributed by atoms with Gasteiger partial charge >= 0.3 is 0 Å². The van der Waals surface area contributed by atoms with Crippen LogP contribution in [0.15, 0.2) is 69.3 Å². The number of fused-ring (bicyclic) bond motifs is 1. The van der Waals surface area contributed by atoms with E-state index < -0.39 is 0 Å². The summed E-state index contributed by atoms with van der Waals surface area (Å²) in [5, 5.41) is 2.66. The zero-order chi connectivity index (χ0) is 14.1. The first-order valence-corrected chi connectivity index (χ1v) is 7.87. The average Bonchev–Trinajstić information content (AvgIpc) is 2.45. The van der Waals surface area contributed by atoms with Crippen LogP contribution in [-0.2, 0) is 0 Å². The Morgan fingerprint density at radius 3 is 2.20 bits per heavy atom. The number of hydrogen-bond donors (Lipinski definition) is 1. The summed E-state index contributed by atoms with van der Waals surface area (Å²) in [6.07, 6.45) is 0. The number of aryl methyl sites for hydroxylation is 2. The van der Waals surface area contributed by atoms with E-state index in [0.29, 0.717) is 0 Å².